The number of nitrogens with zero attached hydrogens (tertiary/aromatic N) is 1. The number of esters is 1. The molecule has 1 N–H and O–H groups in total. The molecule has 0 radical (unpaired) electrons. The van der Waals surface area contributed by atoms with Crippen molar-refractivity contribution in [2.24, 2.45) is 0 Å². The van der Waals surface area contributed by atoms with Crippen LogP contribution in [0.3, 0.4) is 0 Å². The number of rotatable bonds is 7. The maximum atomic E-state index is 12.1. The van der Waals surface area contributed by atoms with Crippen molar-refractivity contribution in [3.8, 4) is 5.75 Å². The van der Waals surface area contributed by atoms with Crippen LogP contribution in [0.5, 0.6) is 5.75 Å². The number of hydrogen-bond acceptors (Lipinski definition) is 6. The van der Waals surface area contributed by atoms with E-state index in [9.17, 15) is 23.2 Å². The zero-order valence-corrected chi connectivity index (χ0v) is 14.6. The van der Waals surface area contributed by atoms with Gasteiger partial charge >= 0.3 is 12.6 Å². The molecule has 2 amide bonds. The van der Waals surface area contributed by atoms with E-state index in [2.05, 4.69) is 10.1 Å². The van der Waals surface area contributed by atoms with Gasteiger partial charge in [0.2, 0.25) is 11.8 Å². The summed E-state index contributed by atoms with van der Waals surface area (Å²) in [5.74, 6) is -1.31. The number of anilines is 1. The SMILES string of the molecule is CCOC(=O)/C=C1\SCC(=O)N1CC(=O)Nc1ccc(OC(F)F)cc1. The first-order chi connectivity index (χ1) is 12.4. The number of hydrogen-bond donors (Lipinski definition) is 1. The molecule has 10 heteroatoms. The van der Waals surface area contributed by atoms with Crippen molar-refractivity contribution < 1.29 is 32.6 Å². The summed E-state index contributed by atoms with van der Waals surface area (Å²) in [5, 5.41) is 2.88. The molecule has 0 bridgehead atoms. The minimum Gasteiger partial charge on any atom is -0.463 e. The van der Waals surface area contributed by atoms with Gasteiger partial charge < -0.3 is 14.8 Å². The Morgan fingerprint density at radius 1 is 1.35 bits per heavy atom. The third kappa shape index (κ3) is 5.73. The van der Waals surface area contributed by atoms with Crippen LogP contribution in [-0.4, -0.2) is 48.2 Å². The van der Waals surface area contributed by atoms with Crippen LogP contribution in [0.15, 0.2) is 35.4 Å². The van der Waals surface area contributed by atoms with Gasteiger partial charge in [-0.05, 0) is 31.2 Å². The highest BCUT2D eigenvalue weighted by molar-refractivity contribution is 8.04. The van der Waals surface area contributed by atoms with Gasteiger partial charge in [0.1, 0.15) is 12.3 Å². The fourth-order valence-electron chi connectivity index (χ4n) is 2.05. The van der Waals surface area contributed by atoms with Crippen molar-refractivity contribution in [2.45, 2.75) is 13.5 Å². The number of amides is 2. The summed E-state index contributed by atoms with van der Waals surface area (Å²) in [7, 11) is 0. The molecular formula is C16H16F2N2O5S. The molecule has 0 aromatic heterocycles. The lowest BCUT2D eigenvalue weighted by atomic mass is 10.3. The number of nitrogens with one attached hydrogen (secondary N) is 1. The summed E-state index contributed by atoms with van der Waals surface area (Å²) >= 11 is 1.14. The van der Waals surface area contributed by atoms with Crippen molar-refractivity contribution in [2.75, 3.05) is 24.2 Å². The minimum atomic E-state index is -2.93. The minimum absolute atomic E-state index is 0.0382. The van der Waals surface area contributed by atoms with E-state index < -0.39 is 18.5 Å². The van der Waals surface area contributed by atoms with Gasteiger partial charge in [0, 0.05) is 5.69 Å². The second-order valence-electron chi connectivity index (χ2n) is 4.95. The molecule has 0 spiro atoms. The Labute approximate surface area is 152 Å². The molecule has 1 saturated heterocycles. The van der Waals surface area contributed by atoms with Crippen molar-refractivity contribution >= 4 is 35.2 Å². The highest BCUT2D eigenvalue weighted by Crippen LogP contribution is 2.28. The fraction of sp³-hybridized carbons (Fsp3) is 0.312. The number of thioether (sulfide) groups is 1. The molecule has 0 aliphatic carbocycles. The lowest BCUT2D eigenvalue weighted by Gasteiger charge is -2.16. The van der Waals surface area contributed by atoms with Gasteiger partial charge in [0.25, 0.3) is 0 Å². The van der Waals surface area contributed by atoms with Crippen molar-refractivity contribution in [3.05, 3.63) is 35.4 Å². The average molecular weight is 386 g/mol. The van der Waals surface area contributed by atoms with Gasteiger partial charge in [-0.3, -0.25) is 14.5 Å². The van der Waals surface area contributed by atoms with Crippen LogP contribution in [0.1, 0.15) is 6.92 Å². The zero-order chi connectivity index (χ0) is 19.1. The largest absolute Gasteiger partial charge is 0.463 e. The van der Waals surface area contributed by atoms with E-state index in [4.69, 9.17) is 4.74 Å². The van der Waals surface area contributed by atoms with E-state index in [0.717, 1.165) is 11.8 Å². The molecule has 0 saturated carbocycles. The topological polar surface area (TPSA) is 84.9 Å². The van der Waals surface area contributed by atoms with Crippen LogP contribution in [0.4, 0.5) is 14.5 Å². The summed E-state index contributed by atoms with van der Waals surface area (Å²) in [4.78, 5) is 36.7. The van der Waals surface area contributed by atoms with Crippen LogP contribution in [0.2, 0.25) is 0 Å². The molecule has 1 aromatic rings. The van der Waals surface area contributed by atoms with Gasteiger partial charge in [0.05, 0.1) is 23.5 Å². The van der Waals surface area contributed by atoms with Crippen molar-refractivity contribution in [1.82, 2.24) is 4.90 Å². The average Bonchev–Trinajstić information content (AvgIpc) is 2.89. The Morgan fingerprint density at radius 2 is 2.04 bits per heavy atom. The van der Waals surface area contributed by atoms with E-state index in [1.807, 2.05) is 0 Å². The van der Waals surface area contributed by atoms with E-state index in [1.54, 1.807) is 6.92 Å². The van der Waals surface area contributed by atoms with Crippen LogP contribution in [0, 0.1) is 0 Å². The van der Waals surface area contributed by atoms with Gasteiger partial charge in [-0.2, -0.15) is 8.78 Å². The standard InChI is InChI=1S/C16H16F2N2O5S/c1-2-24-15(23)7-14-20(13(22)9-26-14)8-12(21)19-10-3-5-11(6-4-10)25-16(17)18/h3-7,16H,2,8-9H2,1H3,(H,19,21)/b14-7-. The molecule has 26 heavy (non-hydrogen) atoms. The van der Waals surface area contributed by atoms with E-state index in [1.165, 1.54) is 35.2 Å². The summed E-state index contributed by atoms with van der Waals surface area (Å²) < 4.78 is 33.2. The Balaban J connectivity index is 1.97. The molecule has 1 aromatic carbocycles. The van der Waals surface area contributed by atoms with Gasteiger partial charge in [-0.15, -0.1) is 0 Å². The molecule has 1 aliphatic rings. The number of halogens is 2. The summed E-state index contributed by atoms with van der Waals surface area (Å²) in [6, 6.07) is 5.35. The van der Waals surface area contributed by atoms with Crippen molar-refractivity contribution in [1.29, 1.82) is 0 Å². The first-order valence-electron chi connectivity index (χ1n) is 7.55. The number of alkyl halides is 2. The van der Waals surface area contributed by atoms with Gasteiger partial charge in [-0.1, -0.05) is 11.8 Å². The molecule has 1 heterocycles. The third-order valence-corrected chi connectivity index (χ3v) is 4.13. The highest BCUT2D eigenvalue weighted by Gasteiger charge is 2.29. The van der Waals surface area contributed by atoms with Crippen LogP contribution in [0.25, 0.3) is 0 Å². The molecule has 0 unspecified atom stereocenters. The molecule has 0 atom stereocenters. The second-order valence-corrected chi connectivity index (χ2v) is 5.95. The Kier molecular flexibility index (Phi) is 6.96. The number of benzene rings is 1. The molecule has 1 fully saturated rings. The van der Waals surface area contributed by atoms with E-state index >= 15 is 0 Å². The monoisotopic (exact) mass is 386 g/mol. The summed E-state index contributed by atoms with van der Waals surface area (Å²) in [6.45, 7) is -1.36. The molecule has 1 aliphatic heterocycles. The highest BCUT2D eigenvalue weighted by atomic mass is 32.2. The number of carbonyl (C=O) groups is 3. The summed E-state index contributed by atoms with van der Waals surface area (Å²) in [5.41, 5.74) is 0.354. The first kappa shape index (κ1) is 19.7. The zero-order valence-electron chi connectivity index (χ0n) is 13.7. The quantitative estimate of drug-likeness (QED) is 0.571. The van der Waals surface area contributed by atoms with Crippen LogP contribution < -0.4 is 10.1 Å². The van der Waals surface area contributed by atoms with Crippen LogP contribution in [-0.2, 0) is 19.1 Å². The normalized spacial score (nSPS) is 15.5. The first-order valence-corrected chi connectivity index (χ1v) is 8.54. The smallest absolute Gasteiger partial charge is 0.387 e. The third-order valence-electron chi connectivity index (χ3n) is 3.10. The van der Waals surface area contributed by atoms with E-state index in [0.29, 0.717) is 10.7 Å². The Bertz CT molecular complexity index is 709. The molecular weight excluding hydrogens is 370 g/mol. The summed E-state index contributed by atoms with van der Waals surface area (Å²) in [6.07, 6.45) is 1.17. The number of carbonyl (C=O) groups excluding carboxylic acids is 3. The maximum absolute atomic E-state index is 12.1. The van der Waals surface area contributed by atoms with Gasteiger partial charge in [-0.25, -0.2) is 4.79 Å². The van der Waals surface area contributed by atoms with Crippen LogP contribution >= 0.6 is 11.8 Å². The van der Waals surface area contributed by atoms with Gasteiger partial charge in [0.15, 0.2) is 0 Å². The molecule has 2 rings (SSSR count). The lowest BCUT2D eigenvalue weighted by Crippen LogP contribution is -2.34. The second kappa shape index (κ2) is 9.18. The Hall–Kier alpha value is -2.62. The number of ether oxygens (including phenoxy) is 2. The lowest BCUT2D eigenvalue weighted by molar-refractivity contribution is -0.137. The fourth-order valence-corrected chi connectivity index (χ4v) is 2.98. The molecule has 7 nitrogen and oxygen atoms in total. The predicted molar refractivity (Wildman–Crippen MR) is 90.6 cm³/mol. The predicted octanol–water partition coefficient (Wildman–Crippen LogP) is 2.21. The molecule has 140 valence electrons. The van der Waals surface area contributed by atoms with Crippen molar-refractivity contribution in [3.63, 3.8) is 0 Å². The van der Waals surface area contributed by atoms with E-state index in [-0.39, 0.29) is 30.6 Å². The Morgan fingerprint density at radius 3 is 2.65 bits per heavy atom. The maximum Gasteiger partial charge on any atom is 0.387 e.